The quantitative estimate of drug-likeness (QED) is 0.696. The summed E-state index contributed by atoms with van der Waals surface area (Å²) in [5.74, 6) is 0.781. The second kappa shape index (κ2) is 7.31. The fraction of sp³-hybridized carbons (Fsp3) is 1.00. The van der Waals surface area contributed by atoms with Crippen LogP contribution >= 0.6 is 0 Å². The molecule has 102 valence electrons. The number of nitrogens with two attached hydrogens (primary N) is 1. The number of hydrogen-bond donors (Lipinski definition) is 2. The first kappa shape index (κ1) is 14.9. The Kier molecular flexibility index (Phi) is 6.41. The van der Waals surface area contributed by atoms with Crippen LogP contribution in [-0.4, -0.2) is 55.5 Å². The van der Waals surface area contributed by atoms with Crippen molar-refractivity contribution in [3.8, 4) is 0 Å². The van der Waals surface area contributed by atoms with Crippen LogP contribution in [0.25, 0.3) is 0 Å². The van der Waals surface area contributed by atoms with E-state index in [1.165, 1.54) is 12.8 Å². The van der Waals surface area contributed by atoms with E-state index in [0.29, 0.717) is 6.54 Å². The van der Waals surface area contributed by atoms with Crippen LogP contribution in [0.3, 0.4) is 0 Å². The van der Waals surface area contributed by atoms with Gasteiger partial charge in [0.2, 0.25) is 0 Å². The predicted octanol–water partition coefficient (Wildman–Crippen LogP) is 0.835. The minimum atomic E-state index is -0.695. The molecule has 1 heterocycles. The first-order chi connectivity index (χ1) is 8.03. The minimum absolute atomic E-state index is 0.344. The van der Waals surface area contributed by atoms with Crippen molar-refractivity contribution in [1.29, 1.82) is 0 Å². The Morgan fingerprint density at radius 3 is 2.65 bits per heavy atom. The standard InChI is InChI=1S/C13H28N2O2/c1-13(16,11-14)6-3-7-15(2)10-12-4-8-17-9-5-12/h12,16H,3-11,14H2,1-2H3. The minimum Gasteiger partial charge on any atom is -0.389 e. The molecule has 17 heavy (non-hydrogen) atoms. The van der Waals surface area contributed by atoms with Gasteiger partial charge in [0.25, 0.3) is 0 Å². The fourth-order valence-corrected chi connectivity index (χ4v) is 2.29. The molecule has 0 aliphatic carbocycles. The molecule has 0 saturated carbocycles. The van der Waals surface area contributed by atoms with Crippen LogP contribution in [0, 0.1) is 5.92 Å². The van der Waals surface area contributed by atoms with Gasteiger partial charge in [0.15, 0.2) is 0 Å². The highest BCUT2D eigenvalue weighted by atomic mass is 16.5. The van der Waals surface area contributed by atoms with E-state index in [2.05, 4.69) is 11.9 Å². The average Bonchev–Trinajstić information content (AvgIpc) is 2.30. The van der Waals surface area contributed by atoms with E-state index in [1.807, 2.05) is 6.92 Å². The van der Waals surface area contributed by atoms with E-state index in [0.717, 1.165) is 45.1 Å². The van der Waals surface area contributed by atoms with E-state index < -0.39 is 5.60 Å². The topological polar surface area (TPSA) is 58.7 Å². The summed E-state index contributed by atoms with van der Waals surface area (Å²) in [4.78, 5) is 2.36. The summed E-state index contributed by atoms with van der Waals surface area (Å²) in [6, 6.07) is 0. The van der Waals surface area contributed by atoms with Gasteiger partial charge in [-0.1, -0.05) is 0 Å². The van der Waals surface area contributed by atoms with Crippen molar-refractivity contribution in [3.63, 3.8) is 0 Å². The summed E-state index contributed by atoms with van der Waals surface area (Å²) in [5, 5.41) is 9.80. The van der Waals surface area contributed by atoms with Gasteiger partial charge in [-0.05, 0) is 52.1 Å². The smallest absolute Gasteiger partial charge is 0.0741 e. The Labute approximate surface area is 105 Å². The summed E-state index contributed by atoms with van der Waals surface area (Å²) < 4.78 is 5.36. The molecule has 0 bridgehead atoms. The molecule has 1 unspecified atom stereocenters. The molecule has 4 nitrogen and oxygen atoms in total. The van der Waals surface area contributed by atoms with Gasteiger partial charge in [-0.15, -0.1) is 0 Å². The van der Waals surface area contributed by atoms with Gasteiger partial charge >= 0.3 is 0 Å². The highest BCUT2D eigenvalue weighted by Crippen LogP contribution is 2.16. The fourth-order valence-electron chi connectivity index (χ4n) is 2.29. The van der Waals surface area contributed by atoms with Gasteiger partial charge in [0, 0.05) is 26.3 Å². The largest absolute Gasteiger partial charge is 0.389 e. The number of aliphatic hydroxyl groups is 1. The number of nitrogens with zero attached hydrogens (tertiary/aromatic N) is 1. The molecule has 4 heteroatoms. The van der Waals surface area contributed by atoms with Crippen LogP contribution in [-0.2, 0) is 4.74 Å². The summed E-state index contributed by atoms with van der Waals surface area (Å²) in [6.07, 6.45) is 4.15. The van der Waals surface area contributed by atoms with Crippen LogP contribution in [0.15, 0.2) is 0 Å². The lowest BCUT2D eigenvalue weighted by Gasteiger charge is -2.28. The molecule has 1 aliphatic rings. The number of ether oxygens (including phenoxy) is 1. The predicted molar refractivity (Wildman–Crippen MR) is 70.0 cm³/mol. The highest BCUT2D eigenvalue weighted by Gasteiger charge is 2.19. The molecule has 0 spiro atoms. The first-order valence-electron chi connectivity index (χ1n) is 6.72. The van der Waals surface area contributed by atoms with Crippen LogP contribution in [0.2, 0.25) is 0 Å². The normalized spacial score (nSPS) is 21.7. The van der Waals surface area contributed by atoms with Gasteiger partial charge in [0.1, 0.15) is 0 Å². The first-order valence-corrected chi connectivity index (χ1v) is 6.72. The molecule has 1 fully saturated rings. The summed E-state index contributed by atoms with van der Waals surface area (Å²) in [5.41, 5.74) is 4.80. The lowest BCUT2D eigenvalue weighted by atomic mass is 9.98. The van der Waals surface area contributed by atoms with Crippen molar-refractivity contribution in [1.82, 2.24) is 4.90 Å². The zero-order valence-corrected chi connectivity index (χ0v) is 11.3. The van der Waals surface area contributed by atoms with E-state index >= 15 is 0 Å². The van der Waals surface area contributed by atoms with Gasteiger partial charge in [-0.3, -0.25) is 0 Å². The number of rotatable bonds is 7. The molecule has 0 aromatic heterocycles. The van der Waals surface area contributed by atoms with E-state index in [1.54, 1.807) is 0 Å². The van der Waals surface area contributed by atoms with Crippen LogP contribution < -0.4 is 5.73 Å². The Hall–Kier alpha value is -0.160. The maximum Gasteiger partial charge on any atom is 0.0741 e. The van der Waals surface area contributed by atoms with Crippen molar-refractivity contribution >= 4 is 0 Å². The molecule has 1 rings (SSSR count). The second-order valence-corrected chi connectivity index (χ2v) is 5.62. The summed E-state index contributed by atoms with van der Waals surface area (Å²) >= 11 is 0. The van der Waals surface area contributed by atoms with Crippen LogP contribution in [0.4, 0.5) is 0 Å². The molecule has 1 saturated heterocycles. The van der Waals surface area contributed by atoms with E-state index in [-0.39, 0.29) is 0 Å². The third-order valence-electron chi connectivity index (χ3n) is 3.61. The molecule has 3 N–H and O–H groups in total. The molecule has 1 atom stereocenters. The molecular formula is C13H28N2O2. The summed E-state index contributed by atoms with van der Waals surface area (Å²) in [6.45, 7) is 6.17. The zero-order valence-electron chi connectivity index (χ0n) is 11.3. The van der Waals surface area contributed by atoms with Gasteiger partial charge in [0.05, 0.1) is 5.60 Å². The Balaban J connectivity index is 2.10. The Bertz CT molecular complexity index is 204. The van der Waals surface area contributed by atoms with Crippen molar-refractivity contribution < 1.29 is 9.84 Å². The molecule has 1 aliphatic heterocycles. The molecule has 0 amide bonds. The monoisotopic (exact) mass is 244 g/mol. The van der Waals surface area contributed by atoms with Crippen LogP contribution in [0.1, 0.15) is 32.6 Å². The molecular weight excluding hydrogens is 216 g/mol. The maximum atomic E-state index is 9.80. The lowest BCUT2D eigenvalue weighted by molar-refractivity contribution is 0.0471. The molecule has 0 radical (unpaired) electrons. The van der Waals surface area contributed by atoms with Gasteiger partial charge in [-0.25, -0.2) is 0 Å². The third kappa shape index (κ3) is 6.36. The second-order valence-electron chi connectivity index (χ2n) is 5.62. The van der Waals surface area contributed by atoms with Gasteiger partial charge < -0.3 is 20.5 Å². The Morgan fingerprint density at radius 2 is 2.06 bits per heavy atom. The molecule has 0 aromatic carbocycles. The van der Waals surface area contributed by atoms with E-state index in [4.69, 9.17) is 10.5 Å². The van der Waals surface area contributed by atoms with Crippen molar-refractivity contribution in [2.45, 2.75) is 38.2 Å². The zero-order chi connectivity index (χ0) is 12.7. The van der Waals surface area contributed by atoms with Crippen molar-refractivity contribution in [2.24, 2.45) is 11.7 Å². The van der Waals surface area contributed by atoms with Crippen LogP contribution in [0.5, 0.6) is 0 Å². The SMILES string of the molecule is CN(CCCC(C)(O)CN)CC1CCOCC1. The van der Waals surface area contributed by atoms with Gasteiger partial charge in [-0.2, -0.15) is 0 Å². The number of hydrogen-bond acceptors (Lipinski definition) is 4. The maximum absolute atomic E-state index is 9.80. The third-order valence-corrected chi connectivity index (χ3v) is 3.61. The van der Waals surface area contributed by atoms with Crippen molar-refractivity contribution in [2.75, 3.05) is 39.9 Å². The summed E-state index contributed by atoms with van der Waals surface area (Å²) in [7, 11) is 2.16. The van der Waals surface area contributed by atoms with Crippen molar-refractivity contribution in [3.05, 3.63) is 0 Å². The Morgan fingerprint density at radius 1 is 1.41 bits per heavy atom. The lowest BCUT2D eigenvalue weighted by Crippen LogP contribution is -2.36. The average molecular weight is 244 g/mol. The molecule has 0 aromatic rings. The highest BCUT2D eigenvalue weighted by molar-refractivity contribution is 4.74. The van der Waals surface area contributed by atoms with E-state index in [9.17, 15) is 5.11 Å².